The van der Waals surface area contributed by atoms with Crippen molar-refractivity contribution in [3.8, 4) is 28.1 Å². The van der Waals surface area contributed by atoms with E-state index in [9.17, 15) is 13.2 Å². The maximum absolute atomic E-state index is 14.3. The van der Waals surface area contributed by atoms with Crippen molar-refractivity contribution in [3.63, 3.8) is 0 Å². The predicted molar refractivity (Wildman–Crippen MR) is 89.3 cm³/mol. The number of ether oxygens (including phenoxy) is 1. The molecule has 0 N–H and O–H groups in total. The second-order valence-corrected chi connectivity index (χ2v) is 5.80. The lowest BCUT2D eigenvalue weighted by atomic mass is 9.96. The van der Waals surface area contributed by atoms with Gasteiger partial charge in [-0.1, -0.05) is 35.3 Å². The molecule has 0 radical (unpaired) electrons. The maximum atomic E-state index is 14.3. The van der Waals surface area contributed by atoms with Crippen LogP contribution in [-0.4, -0.2) is 17.3 Å². The molecule has 0 aliphatic carbocycles. The highest BCUT2D eigenvalue weighted by Gasteiger charge is 2.25. The van der Waals surface area contributed by atoms with Crippen LogP contribution in [0.15, 0.2) is 36.4 Å². The van der Waals surface area contributed by atoms with E-state index in [0.29, 0.717) is 22.7 Å². The van der Waals surface area contributed by atoms with Crippen LogP contribution in [-0.2, 0) is 0 Å². The highest BCUT2D eigenvalue weighted by atomic mass is 35.5. The van der Waals surface area contributed by atoms with Crippen LogP contribution in [0.2, 0.25) is 10.2 Å². The van der Waals surface area contributed by atoms with Crippen LogP contribution in [0.1, 0.15) is 0 Å². The van der Waals surface area contributed by atoms with Gasteiger partial charge in [-0.25, -0.2) is 13.2 Å². The molecule has 0 saturated heterocycles. The molecular weight excluding hydrogens is 376 g/mol. The van der Waals surface area contributed by atoms with Crippen LogP contribution in [0.25, 0.3) is 22.3 Å². The quantitative estimate of drug-likeness (QED) is 0.594. The van der Waals surface area contributed by atoms with Crippen LogP contribution in [0.4, 0.5) is 13.2 Å². The molecule has 128 valence electrons. The van der Waals surface area contributed by atoms with Gasteiger partial charge in [-0.3, -0.25) is 0 Å². The fourth-order valence-corrected chi connectivity index (χ4v) is 2.79. The number of halogens is 5. The molecule has 1 aromatic heterocycles. The van der Waals surface area contributed by atoms with E-state index in [1.807, 2.05) is 0 Å². The third kappa shape index (κ3) is 3.27. The molecule has 2 aromatic carbocycles. The first-order chi connectivity index (χ1) is 11.9. The van der Waals surface area contributed by atoms with Gasteiger partial charge in [-0.2, -0.15) is 0 Å². The molecule has 0 aliphatic heterocycles. The van der Waals surface area contributed by atoms with E-state index in [1.54, 1.807) is 24.3 Å². The van der Waals surface area contributed by atoms with Gasteiger partial charge in [-0.15, -0.1) is 10.2 Å². The van der Waals surface area contributed by atoms with Crippen LogP contribution in [0, 0.1) is 17.5 Å². The Morgan fingerprint density at radius 3 is 2.00 bits per heavy atom. The fourth-order valence-electron chi connectivity index (χ4n) is 2.44. The van der Waals surface area contributed by atoms with E-state index in [0.717, 1.165) is 0 Å². The number of nitrogens with zero attached hydrogens (tertiary/aromatic N) is 2. The van der Waals surface area contributed by atoms with Gasteiger partial charge in [0.05, 0.1) is 18.2 Å². The van der Waals surface area contributed by atoms with Crippen LogP contribution in [0.5, 0.6) is 5.88 Å². The van der Waals surface area contributed by atoms with Crippen molar-refractivity contribution in [2.45, 2.75) is 0 Å². The summed E-state index contributed by atoms with van der Waals surface area (Å²) in [5.74, 6) is -3.28. The van der Waals surface area contributed by atoms with Crippen molar-refractivity contribution in [1.29, 1.82) is 0 Å². The topological polar surface area (TPSA) is 35.0 Å². The second-order valence-electron chi connectivity index (χ2n) is 5.00. The van der Waals surface area contributed by atoms with E-state index in [2.05, 4.69) is 10.2 Å². The Morgan fingerprint density at radius 1 is 0.840 bits per heavy atom. The summed E-state index contributed by atoms with van der Waals surface area (Å²) < 4.78 is 47.1. The molecule has 3 rings (SSSR count). The molecule has 0 spiro atoms. The number of rotatable bonds is 3. The highest BCUT2D eigenvalue weighted by Crippen LogP contribution is 2.43. The molecule has 3 aromatic rings. The summed E-state index contributed by atoms with van der Waals surface area (Å²) in [6.45, 7) is 0. The van der Waals surface area contributed by atoms with Gasteiger partial charge >= 0.3 is 0 Å². The molecular formula is C17H9Cl2F3N2O. The lowest BCUT2D eigenvalue weighted by molar-refractivity contribution is 0.394. The highest BCUT2D eigenvalue weighted by molar-refractivity contribution is 6.33. The normalized spacial score (nSPS) is 10.8. The van der Waals surface area contributed by atoms with Gasteiger partial charge in [0.2, 0.25) is 5.88 Å². The van der Waals surface area contributed by atoms with Crippen molar-refractivity contribution in [3.05, 3.63) is 64.0 Å². The minimum atomic E-state index is -1.12. The standard InChI is InChI=1S/C17H9Cl2F3N2O/c1-25-17-13(8-2-4-9(18)5-3-8)15(16(19)23-24-17)14-11(21)6-10(20)7-12(14)22/h2-7H,1H3. The van der Waals surface area contributed by atoms with Crippen LogP contribution >= 0.6 is 23.2 Å². The molecule has 3 nitrogen and oxygen atoms in total. The Morgan fingerprint density at radius 2 is 1.44 bits per heavy atom. The Balaban J connectivity index is 2.39. The maximum Gasteiger partial charge on any atom is 0.241 e. The molecule has 0 aliphatic rings. The number of methoxy groups -OCH3 is 1. The fraction of sp³-hybridized carbons (Fsp3) is 0.0588. The van der Waals surface area contributed by atoms with Crippen molar-refractivity contribution in [2.75, 3.05) is 7.11 Å². The van der Waals surface area contributed by atoms with Gasteiger partial charge in [0.15, 0.2) is 5.15 Å². The average Bonchev–Trinajstić information content (AvgIpc) is 2.56. The van der Waals surface area contributed by atoms with Gasteiger partial charge in [-0.05, 0) is 17.7 Å². The SMILES string of the molecule is COc1nnc(Cl)c(-c2c(F)cc(F)cc2F)c1-c1ccc(Cl)cc1. The molecule has 0 unspecified atom stereocenters. The average molecular weight is 385 g/mol. The number of benzene rings is 2. The van der Waals surface area contributed by atoms with Gasteiger partial charge in [0.1, 0.15) is 17.5 Å². The minimum Gasteiger partial charge on any atom is -0.479 e. The molecule has 0 saturated carbocycles. The first-order valence-electron chi connectivity index (χ1n) is 6.93. The zero-order valence-electron chi connectivity index (χ0n) is 12.7. The van der Waals surface area contributed by atoms with E-state index in [4.69, 9.17) is 27.9 Å². The molecule has 0 bridgehead atoms. The summed E-state index contributed by atoms with van der Waals surface area (Å²) in [6, 6.07) is 7.53. The Labute approximate surface area is 151 Å². The smallest absolute Gasteiger partial charge is 0.241 e. The van der Waals surface area contributed by atoms with Crippen molar-refractivity contribution in [1.82, 2.24) is 10.2 Å². The van der Waals surface area contributed by atoms with Gasteiger partial charge in [0, 0.05) is 22.7 Å². The van der Waals surface area contributed by atoms with E-state index >= 15 is 0 Å². The zero-order valence-corrected chi connectivity index (χ0v) is 14.2. The van der Waals surface area contributed by atoms with Crippen molar-refractivity contribution >= 4 is 23.2 Å². The molecule has 0 amide bonds. The predicted octanol–water partition coefficient (Wildman–Crippen LogP) is 5.54. The zero-order chi connectivity index (χ0) is 18.1. The lowest BCUT2D eigenvalue weighted by Crippen LogP contribution is -2.02. The molecule has 25 heavy (non-hydrogen) atoms. The number of hydrogen-bond acceptors (Lipinski definition) is 3. The van der Waals surface area contributed by atoms with Crippen LogP contribution in [0.3, 0.4) is 0 Å². The Bertz CT molecular complexity index is 926. The monoisotopic (exact) mass is 384 g/mol. The van der Waals surface area contributed by atoms with Crippen molar-refractivity contribution < 1.29 is 17.9 Å². The molecule has 0 fully saturated rings. The van der Waals surface area contributed by atoms with Gasteiger partial charge < -0.3 is 4.74 Å². The van der Waals surface area contributed by atoms with E-state index in [1.165, 1.54) is 7.11 Å². The molecule has 0 atom stereocenters. The molecule has 8 heteroatoms. The van der Waals surface area contributed by atoms with Gasteiger partial charge in [0.25, 0.3) is 0 Å². The third-order valence-electron chi connectivity index (χ3n) is 3.48. The third-order valence-corrected chi connectivity index (χ3v) is 4.00. The van der Waals surface area contributed by atoms with E-state index < -0.39 is 23.0 Å². The summed E-state index contributed by atoms with van der Waals surface area (Å²) in [5.41, 5.74) is 0.0927. The van der Waals surface area contributed by atoms with Crippen LogP contribution < -0.4 is 4.74 Å². The second kappa shape index (κ2) is 6.90. The first kappa shape index (κ1) is 17.5. The first-order valence-corrected chi connectivity index (χ1v) is 7.69. The summed E-state index contributed by atoms with van der Waals surface area (Å²) in [4.78, 5) is 0. The molecule has 1 heterocycles. The number of aromatic nitrogens is 2. The summed E-state index contributed by atoms with van der Waals surface area (Å²) in [7, 11) is 1.33. The summed E-state index contributed by atoms with van der Waals surface area (Å²) in [6.07, 6.45) is 0. The van der Waals surface area contributed by atoms with E-state index in [-0.39, 0.29) is 22.2 Å². The summed E-state index contributed by atoms with van der Waals surface area (Å²) in [5, 5.41) is 7.69. The lowest BCUT2D eigenvalue weighted by Gasteiger charge is -2.15. The largest absolute Gasteiger partial charge is 0.479 e. The van der Waals surface area contributed by atoms with Crippen molar-refractivity contribution in [2.24, 2.45) is 0 Å². The summed E-state index contributed by atoms with van der Waals surface area (Å²) >= 11 is 12.0. The number of hydrogen-bond donors (Lipinski definition) is 0. The Hall–Kier alpha value is -2.31. The minimum absolute atomic E-state index is 0.00449. The Kier molecular flexibility index (Phi) is 4.83.